The van der Waals surface area contributed by atoms with Crippen molar-refractivity contribution in [3.63, 3.8) is 0 Å². The van der Waals surface area contributed by atoms with Crippen LogP contribution in [0.1, 0.15) is 23.6 Å². The van der Waals surface area contributed by atoms with Crippen LogP contribution in [-0.4, -0.2) is 10.2 Å². The topological polar surface area (TPSA) is 28.7 Å². The van der Waals surface area contributed by atoms with Crippen molar-refractivity contribution in [2.45, 2.75) is 19.8 Å². The molecule has 0 saturated heterocycles. The number of halogens is 1. The lowest BCUT2D eigenvalue weighted by Crippen LogP contribution is -1.87. The minimum atomic E-state index is 1.03. The molecule has 1 aliphatic carbocycles. The number of aromatic amines is 1. The molecule has 1 aromatic carbocycles. The van der Waals surface area contributed by atoms with E-state index in [1.807, 2.05) is 0 Å². The third-order valence-electron chi connectivity index (χ3n) is 3.03. The first kappa shape index (κ1) is 9.39. The van der Waals surface area contributed by atoms with Gasteiger partial charge in [0.05, 0.1) is 5.69 Å². The molecule has 0 unspecified atom stereocenters. The summed E-state index contributed by atoms with van der Waals surface area (Å²) in [4.78, 5) is 0. The fraction of sp³-hybridized carbons (Fsp3) is 0.250. The molecule has 0 spiro atoms. The third-order valence-corrected chi connectivity index (χ3v) is 3.92. The van der Waals surface area contributed by atoms with Crippen molar-refractivity contribution >= 4 is 22.6 Å². The summed E-state index contributed by atoms with van der Waals surface area (Å²) < 4.78 is 1.11. The Balaban J connectivity index is 2.18. The van der Waals surface area contributed by atoms with Gasteiger partial charge in [0, 0.05) is 17.5 Å². The molecular formula is C12H11IN2. The largest absolute Gasteiger partial charge is 0.276 e. The van der Waals surface area contributed by atoms with E-state index >= 15 is 0 Å². The summed E-state index contributed by atoms with van der Waals surface area (Å²) in [5.41, 5.74) is 6.77. The fourth-order valence-corrected chi connectivity index (χ4v) is 2.76. The van der Waals surface area contributed by atoms with E-state index in [9.17, 15) is 0 Å². The maximum Gasteiger partial charge on any atom is 0.127 e. The lowest BCUT2D eigenvalue weighted by Gasteiger charge is -2.02. The second-order valence-electron chi connectivity index (χ2n) is 3.89. The van der Waals surface area contributed by atoms with Crippen LogP contribution in [0.5, 0.6) is 0 Å². The van der Waals surface area contributed by atoms with Gasteiger partial charge >= 0.3 is 0 Å². The van der Waals surface area contributed by atoms with Crippen molar-refractivity contribution < 1.29 is 0 Å². The van der Waals surface area contributed by atoms with Crippen LogP contribution in [0.25, 0.3) is 11.3 Å². The molecule has 3 rings (SSSR count). The van der Waals surface area contributed by atoms with Crippen molar-refractivity contribution in [3.8, 4) is 11.3 Å². The van der Waals surface area contributed by atoms with E-state index in [0.29, 0.717) is 0 Å². The van der Waals surface area contributed by atoms with Gasteiger partial charge in [0.25, 0.3) is 0 Å². The van der Waals surface area contributed by atoms with Crippen LogP contribution < -0.4 is 0 Å². The predicted molar refractivity (Wildman–Crippen MR) is 68.9 cm³/mol. The number of aromatic nitrogens is 2. The first-order chi connectivity index (χ1) is 7.29. The maximum absolute atomic E-state index is 4.24. The number of aryl methyl sites for hydroxylation is 1. The Morgan fingerprint density at radius 2 is 2.33 bits per heavy atom. The van der Waals surface area contributed by atoms with Crippen LogP contribution in [0.2, 0.25) is 0 Å². The molecule has 1 heterocycles. The number of nitrogens with zero attached hydrogens (tertiary/aromatic N) is 1. The molecule has 2 nitrogen and oxygen atoms in total. The zero-order valence-electron chi connectivity index (χ0n) is 8.47. The standard InChI is InChI=1S/C12H11IN2/c1-2-7-3-4-9-8(5-7)6-10-11(9)14-15-12(10)13/h3-5H,2,6H2,1H3,(H,14,15). The average molecular weight is 310 g/mol. The van der Waals surface area contributed by atoms with E-state index in [1.165, 1.54) is 27.9 Å². The zero-order valence-corrected chi connectivity index (χ0v) is 10.6. The molecule has 0 bridgehead atoms. The molecule has 0 fully saturated rings. The van der Waals surface area contributed by atoms with Gasteiger partial charge in [-0.3, -0.25) is 5.10 Å². The molecule has 1 N–H and O–H groups in total. The van der Waals surface area contributed by atoms with E-state index in [0.717, 1.165) is 16.5 Å². The molecule has 76 valence electrons. The number of hydrogen-bond acceptors (Lipinski definition) is 1. The quantitative estimate of drug-likeness (QED) is 0.687. The lowest BCUT2D eigenvalue weighted by molar-refractivity contribution is 1.06. The average Bonchev–Trinajstić information content (AvgIpc) is 2.78. The summed E-state index contributed by atoms with van der Waals surface area (Å²) in [6.45, 7) is 2.20. The maximum atomic E-state index is 4.24. The fourth-order valence-electron chi connectivity index (χ4n) is 2.17. The van der Waals surface area contributed by atoms with E-state index in [4.69, 9.17) is 0 Å². The van der Waals surface area contributed by atoms with Crippen molar-refractivity contribution in [1.29, 1.82) is 0 Å². The number of benzene rings is 1. The SMILES string of the molecule is CCc1ccc2c(c1)Cc1c(I)n[nH]c1-2. The predicted octanol–water partition coefficient (Wildman–Crippen LogP) is 3.15. The van der Waals surface area contributed by atoms with Gasteiger partial charge in [-0.2, -0.15) is 5.10 Å². The summed E-state index contributed by atoms with van der Waals surface area (Å²) in [6, 6.07) is 6.75. The minimum Gasteiger partial charge on any atom is -0.276 e. The lowest BCUT2D eigenvalue weighted by atomic mass is 10.0. The van der Waals surface area contributed by atoms with E-state index in [2.05, 4.69) is 57.9 Å². The van der Waals surface area contributed by atoms with E-state index in [-0.39, 0.29) is 0 Å². The Kier molecular flexibility index (Phi) is 2.09. The monoisotopic (exact) mass is 310 g/mol. The second-order valence-corrected chi connectivity index (χ2v) is 4.91. The zero-order chi connectivity index (χ0) is 10.4. The van der Waals surface area contributed by atoms with Crippen LogP contribution in [-0.2, 0) is 12.8 Å². The van der Waals surface area contributed by atoms with Gasteiger partial charge in [0.15, 0.2) is 0 Å². The molecule has 0 saturated carbocycles. The van der Waals surface area contributed by atoms with Gasteiger partial charge in [-0.1, -0.05) is 25.1 Å². The van der Waals surface area contributed by atoms with Gasteiger partial charge in [-0.25, -0.2) is 0 Å². The first-order valence-electron chi connectivity index (χ1n) is 5.14. The van der Waals surface area contributed by atoms with E-state index < -0.39 is 0 Å². The molecule has 0 amide bonds. The Hall–Kier alpha value is -0.840. The number of hydrogen-bond donors (Lipinski definition) is 1. The van der Waals surface area contributed by atoms with Crippen molar-refractivity contribution in [2.24, 2.45) is 0 Å². The normalized spacial score (nSPS) is 12.7. The Labute approximate surface area is 102 Å². The smallest absolute Gasteiger partial charge is 0.127 e. The van der Waals surface area contributed by atoms with E-state index in [1.54, 1.807) is 0 Å². The molecule has 1 aliphatic rings. The molecule has 1 aromatic heterocycles. The minimum absolute atomic E-state index is 1.03. The highest BCUT2D eigenvalue weighted by Gasteiger charge is 2.23. The molecule has 0 aliphatic heterocycles. The molecule has 0 radical (unpaired) electrons. The number of fused-ring (bicyclic) bond motifs is 3. The summed E-state index contributed by atoms with van der Waals surface area (Å²) >= 11 is 2.30. The van der Waals surface area contributed by atoms with Crippen LogP contribution in [0.4, 0.5) is 0 Å². The van der Waals surface area contributed by atoms with Gasteiger partial charge in [0.2, 0.25) is 0 Å². The highest BCUT2D eigenvalue weighted by molar-refractivity contribution is 14.1. The van der Waals surface area contributed by atoms with Gasteiger partial charge in [-0.15, -0.1) is 0 Å². The highest BCUT2D eigenvalue weighted by Crippen LogP contribution is 2.37. The van der Waals surface area contributed by atoms with Crippen LogP contribution >= 0.6 is 22.6 Å². The molecule has 2 aromatic rings. The third kappa shape index (κ3) is 1.33. The number of rotatable bonds is 1. The van der Waals surface area contributed by atoms with Gasteiger partial charge in [0.1, 0.15) is 3.70 Å². The second kappa shape index (κ2) is 3.33. The van der Waals surface area contributed by atoms with Crippen LogP contribution in [0.3, 0.4) is 0 Å². The van der Waals surface area contributed by atoms with Crippen molar-refractivity contribution in [3.05, 3.63) is 38.6 Å². The highest BCUT2D eigenvalue weighted by atomic mass is 127. The molecular weight excluding hydrogens is 299 g/mol. The van der Waals surface area contributed by atoms with Crippen molar-refractivity contribution in [1.82, 2.24) is 10.2 Å². The van der Waals surface area contributed by atoms with Gasteiger partial charge in [-0.05, 0) is 40.1 Å². The molecule has 0 atom stereocenters. The first-order valence-corrected chi connectivity index (χ1v) is 6.22. The van der Waals surface area contributed by atoms with Gasteiger partial charge < -0.3 is 0 Å². The Bertz CT molecular complexity index is 528. The molecule has 3 heteroatoms. The summed E-state index contributed by atoms with van der Waals surface area (Å²) in [6.07, 6.45) is 2.14. The van der Waals surface area contributed by atoms with Crippen LogP contribution in [0, 0.1) is 3.70 Å². The Morgan fingerprint density at radius 3 is 3.13 bits per heavy atom. The summed E-state index contributed by atoms with van der Waals surface area (Å²) in [7, 11) is 0. The molecule has 15 heavy (non-hydrogen) atoms. The number of nitrogens with one attached hydrogen (secondary N) is 1. The number of H-pyrrole nitrogens is 1. The summed E-state index contributed by atoms with van der Waals surface area (Å²) in [5, 5.41) is 7.36. The van der Waals surface area contributed by atoms with Crippen molar-refractivity contribution in [2.75, 3.05) is 0 Å². The van der Waals surface area contributed by atoms with Crippen LogP contribution in [0.15, 0.2) is 18.2 Å². The Morgan fingerprint density at radius 1 is 1.47 bits per heavy atom. The summed E-state index contributed by atoms with van der Waals surface area (Å²) in [5.74, 6) is 0.